The van der Waals surface area contributed by atoms with Crippen LogP contribution in [0.2, 0.25) is 0 Å². The number of ether oxygens (including phenoxy) is 1. The molecule has 3 rings (SSSR count). The molecular weight excluding hydrogens is 342 g/mol. The number of aryl methyl sites for hydroxylation is 2. The number of hydrogen-bond donors (Lipinski definition) is 0. The molecule has 2 heterocycles. The van der Waals surface area contributed by atoms with E-state index in [-0.39, 0.29) is 18.3 Å². The minimum atomic E-state index is -0.545. The van der Waals surface area contributed by atoms with Crippen LogP contribution in [0.3, 0.4) is 0 Å². The molecule has 0 spiro atoms. The maximum absolute atomic E-state index is 12.2. The molecule has 0 N–H and O–H groups in total. The lowest BCUT2D eigenvalue weighted by atomic mass is 10.1. The van der Waals surface area contributed by atoms with Crippen LogP contribution in [0, 0.1) is 13.8 Å². The van der Waals surface area contributed by atoms with Gasteiger partial charge in [-0.2, -0.15) is 4.99 Å². The Hall–Kier alpha value is -2.74. The van der Waals surface area contributed by atoms with Crippen LogP contribution in [0.25, 0.3) is 10.2 Å². The molecule has 0 bridgehead atoms. The summed E-state index contributed by atoms with van der Waals surface area (Å²) in [5.41, 5.74) is 2.97. The monoisotopic (exact) mass is 359 g/mol. The van der Waals surface area contributed by atoms with Gasteiger partial charge in [-0.05, 0) is 38.0 Å². The van der Waals surface area contributed by atoms with Gasteiger partial charge in [-0.3, -0.25) is 9.59 Å². The Morgan fingerprint density at radius 3 is 2.84 bits per heavy atom. The Labute approximate surface area is 147 Å². The SMILES string of the molecule is CCOC(=O)Cn1c(=NC(=O)c2ccno2)sc2c(C)cc(C)cc21. The Morgan fingerprint density at radius 1 is 1.36 bits per heavy atom. The molecule has 0 aliphatic carbocycles. The number of benzene rings is 1. The lowest BCUT2D eigenvalue weighted by Crippen LogP contribution is -2.23. The minimum absolute atomic E-state index is 0.0146. The molecule has 0 aliphatic rings. The van der Waals surface area contributed by atoms with Crippen LogP contribution < -0.4 is 4.80 Å². The van der Waals surface area contributed by atoms with Crippen molar-refractivity contribution < 1.29 is 18.8 Å². The third-order valence-electron chi connectivity index (χ3n) is 3.55. The Balaban J connectivity index is 2.17. The Bertz CT molecular complexity index is 999. The van der Waals surface area contributed by atoms with Gasteiger partial charge in [0.25, 0.3) is 0 Å². The van der Waals surface area contributed by atoms with E-state index >= 15 is 0 Å². The van der Waals surface area contributed by atoms with Crippen molar-refractivity contribution in [2.45, 2.75) is 27.3 Å². The normalized spacial score (nSPS) is 11.9. The smallest absolute Gasteiger partial charge is 0.326 e. The summed E-state index contributed by atoms with van der Waals surface area (Å²) < 4.78 is 12.6. The fraction of sp³-hybridized carbons (Fsp3) is 0.294. The topological polar surface area (TPSA) is 86.7 Å². The number of fused-ring (bicyclic) bond motifs is 1. The second kappa shape index (κ2) is 7.02. The lowest BCUT2D eigenvalue weighted by molar-refractivity contribution is -0.143. The molecule has 0 saturated carbocycles. The van der Waals surface area contributed by atoms with Gasteiger partial charge in [0, 0.05) is 6.07 Å². The van der Waals surface area contributed by atoms with Crippen LogP contribution in [-0.4, -0.2) is 28.2 Å². The number of thiazole rings is 1. The van der Waals surface area contributed by atoms with Crippen LogP contribution in [0.15, 0.2) is 33.9 Å². The van der Waals surface area contributed by atoms with Gasteiger partial charge in [0.15, 0.2) is 4.80 Å². The van der Waals surface area contributed by atoms with E-state index in [2.05, 4.69) is 16.2 Å². The lowest BCUT2D eigenvalue weighted by Gasteiger charge is -2.06. The highest BCUT2D eigenvalue weighted by atomic mass is 32.1. The zero-order valence-electron chi connectivity index (χ0n) is 14.1. The highest BCUT2D eigenvalue weighted by Gasteiger charge is 2.15. The minimum Gasteiger partial charge on any atom is -0.465 e. The zero-order valence-corrected chi connectivity index (χ0v) is 14.9. The maximum atomic E-state index is 12.2. The summed E-state index contributed by atoms with van der Waals surface area (Å²) in [6, 6.07) is 5.47. The number of nitrogens with zero attached hydrogens (tertiary/aromatic N) is 3. The van der Waals surface area contributed by atoms with E-state index in [1.807, 2.05) is 19.9 Å². The van der Waals surface area contributed by atoms with Crippen LogP contribution in [0.1, 0.15) is 28.6 Å². The number of amides is 1. The third kappa shape index (κ3) is 3.53. The van der Waals surface area contributed by atoms with Crippen molar-refractivity contribution in [3.05, 3.63) is 46.1 Å². The summed E-state index contributed by atoms with van der Waals surface area (Å²) in [5, 5.41) is 3.52. The van der Waals surface area contributed by atoms with Crippen molar-refractivity contribution in [2.75, 3.05) is 6.61 Å². The van der Waals surface area contributed by atoms with Gasteiger partial charge in [0.05, 0.1) is 23.0 Å². The highest BCUT2D eigenvalue weighted by molar-refractivity contribution is 7.16. The number of esters is 1. The first-order chi connectivity index (χ1) is 12.0. The molecule has 3 aromatic rings. The standard InChI is InChI=1S/C17H17N3O4S/c1-4-23-14(21)9-20-12-8-10(2)7-11(3)15(12)25-17(20)19-16(22)13-5-6-18-24-13/h5-8H,4,9H2,1-3H3. The van der Waals surface area contributed by atoms with Gasteiger partial charge in [0.1, 0.15) is 6.54 Å². The average molecular weight is 359 g/mol. The third-order valence-corrected chi connectivity index (χ3v) is 4.78. The molecule has 0 saturated heterocycles. The molecule has 130 valence electrons. The van der Waals surface area contributed by atoms with E-state index in [1.165, 1.54) is 23.6 Å². The summed E-state index contributed by atoms with van der Waals surface area (Å²) in [5.74, 6) is -0.876. The maximum Gasteiger partial charge on any atom is 0.326 e. The second-order valence-corrected chi connectivity index (χ2v) is 6.48. The molecule has 0 unspecified atom stereocenters. The van der Waals surface area contributed by atoms with Crippen molar-refractivity contribution in [1.82, 2.24) is 9.72 Å². The number of carbonyl (C=O) groups is 2. The van der Waals surface area contributed by atoms with Gasteiger partial charge < -0.3 is 13.8 Å². The van der Waals surface area contributed by atoms with Crippen LogP contribution >= 0.6 is 11.3 Å². The summed E-state index contributed by atoms with van der Waals surface area (Å²) in [7, 11) is 0. The van der Waals surface area contributed by atoms with Gasteiger partial charge >= 0.3 is 11.9 Å². The molecule has 7 nitrogen and oxygen atoms in total. The van der Waals surface area contributed by atoms with Crippen molar-refractivity contribution in [3.63, 3.8) is 0 Å². The van der Waals surface area contributed by atoms with E-state index in [0.29, 0.717) is 11.4 Å². The molecular formula is C17H17N3O4S. The average Bonchev–Trinajstić information content (AvgIpc) is 3.18. The molecule has 1 aromatic carbocycles. The van der Waals surface area contributed by atoms with Crippen LogP contribution in [0.5, 0.6) is 0 Å². The van der Waals surface area contributed by atoms with Crippen molar-refractivity contribution in [1.29, 1.82) is 0 Å². The van der Waals surface area contributed by atoms with E-state index in [1.54, 1.807) is 11.5 Å². The van der Waals surface area contributed by atoms with Crippen LogP contribution in [0.4, 0.5) is 0 Å². The summed E-state index contributed by atoms with van der Waals surface area (Å²) >= 11 is 1.35. The number of aromatic nitrogens is 2. The first kappa shape index (κ1) is 17.1. The first-order valence-electron chi connectivity index (χ1n) is 7.75. The van der Waals surface area contributed by atoms with Crippen molar-refractivity contribution >= 4 is 33.4 Å². The largest absolute Gasteiger partial charge is 0.465 e. The Morgan fingerprint density at radius 2 is 2.16 bits per heavy atom. The molecule has 0 aliphatic heterocycles. The summed E-state index contributed by atoms with van der Waals surface area (Å²) in [6.07, 6.45) is 1.38. The molecule has 8 heteroatoms. The van der Waals surface area contributed by atoms with E-state index in [0.717, 1.165) is 21.3 Å². The fourth-order valence-corrected chi connectivity index (χ4v) is 3.63. The van der Waals surface area contributed by atoms with E-state index in [9.17, 15) is 9.59 Å². The number of carbonyl (C=O) groups excluding carboxylic acids is 2. The van der Waals surface area contributed by atoms with Crippen molar-refractivity contribution in [2.24, 2.45) is 4.99 Å². The van der Waals surface area contributed by atoms with Gasteiger partial charge in [0.2, 0.25) is 5.76 Å². The molecule has 2 aromatic heterocycles. The van der Waals surface area contributed by atoms with Gasteiger partial charge in [-0.25, -0.2) is 0 Å². The van der Waals surface area contributed by atoms with E-state index in [4.69, 9.17) is 9.26 Å². The second-order valence-electron chi connectivity index (χ2n) is 5.50. The predicted octanol–water partition coefficient (Wildman–Crippen LogP) is 2.61. The molecule has 0 fully saturated rings. The Kier molecular flexibility index (Phi) is 4.80. The summed E-state index contributed by atoms with van der Waals surface area (Å²) in [4.78, 5) is 28.8. The highest BCUT2D eigenvalue weighted by Crippen LogP contribution is 2.23. The van der Waals surface area contributed by atoms with Crippen molar-refractivity contribution in [3.8, 4) is 0 Å². The number of hydrogen-bond acceptors (Lipinski definition) is 6. The zero-order chi connectivity index (χ0) is 18.0. The van der Waals surface area contributed by atoms with Gasteiger partial charge in [-0.1, -0.05) is 22.6 Å². The van der Waals surface area contributed by atoms with Gasteiger partial charge in [-0.15, -0.1) is 0 Å². The quantitative estimate of drug-likeness (QED) is 0.668. The van der Waals surface area contributed by atoms with E-state index < -0.39 is 5.91 Å². The predicted molar refractivity (Wildman–Crippen MR) is 92.3 cm³/mol. The molecule has 25 heavy (non-hydrogen) atoms. The molecule has 0 radical (unpaired) electrons. The number of rotatable bonds is 4. The molecule has 0 atom stereocenters. The van der Waals surface area contributed by atoms with Crippen LogP contribution in [-0.2, 0) is 16.1 Å². The summed E-state index contributed by atoms with van der Waals surface area (Å²) in [6.45, 7) is 6.00. The fourth-order valence-electron chi connectivity index (χ4n) is 2.55. The first-order valence-corrected chi connectivity index (χ1v) is 8.57. The molecule has 1 amide bonds.